The average Bonchev–Trinajstić information content (AvgIpc) is 2.34. The number of carboxylic acid groups (broad SMARTS) is 1. The first-order valence-electron chi connectivity index (χ1n) is 6.61. The van der Waals surface area contributed by atoms with Gasteiger partial charge in [-0.25, -0.2) is 17.5 Å². The first-order valence-corrected chi connectivity index (χ1v) is 8.46. The largest absolute Gasteiger partial charge is 0.480 e. The van der Waals surface area contributed by atoms with Crippen molar-refractivity contribution in [2.75, 3.05) is 19.3 Å². The van der Waals surface area contributed by atoms with Gasteiger partial charge >= 0.3 is 5.97 Å². The molecule has 0 saturated carbocycles. The second-order valence-electron chi connectivity index (χ2n) is 5.53. The van der Waals surface area contributed by atoms with Gasteiger partial charge in [-0.15, -0.1) is 0 Å². The van der Waals surface area contributed by atoms with Crippen LogP contribution in [0.2, 0.25) is 0 Å². The van der Waals surface area contributed by atoms with Crippen molar-refractivity contribution in [2.24, 2.45) is 11.8 Å². The number of nitrogens with one attached hydrogen (secondary N) is 1. The van der Waals surface area contributed by atoms with E-state index in [1.165, 1.54) is 4.31 Å². The highest BCUT2D eigenvalue weighted by Gasteiger charge is 2.32. The molecule has 116 valence electrons. The van der Waals surface area contributed by atoms with Crippen molar-refractivity contribution in [1.29, 1.82) is 0 Å². The normalized spacial score (nSPS) is 22.5. The number of carboxylic acids is 1. The molecule has 0 radical (unpaired) electrons. The van der Waals surface area contributed by atoms with Crippen LogP contribution in [-0.2, 0) is 19.6 Å². The monoisotopic (exact) mass is 306 g/mol. The van der Waals surface area contributed by atoms with E-state index in [9.17, 15) is 18.0 Å². The zero-order chi connectivity index (χ0) is 15.5. The molecule has 1 unspecified atom stereocenters. The molecule has 7 nitrogen and oxygen atoms in total. The minimum atomic E-state index is -3.32. The van der Waals surface area contributed by atoms with Crippen molar-refractivity contribution in [3.8, 4) is 0 Å². The quantitative estimate of drug-likeness (QED) is 0.737. The fourth-order valence-electron chi connectivity index (χ4n) is 2.24. The maximum absolute atomic E-state index is 12.1. The third-order valence-corrected chi connectivity index (χ3v) is 4.72. The van der Waals surface area contributed by atoms with Crippen molar-refractivity contribution in [2.45, 2.75) is 32.7 Å². The van der Waals surface area contributed by atoms with Gasteiger partial charge in [0.05, 0.1) is 12.2 Å². The Kier molecular flexibility index (Phi) is 5.52. The molecule has 1 aliphatic rings. The van der Waals surface area contributed by atoms with Gasteiger partial charge in [-0.2, -0.15) is 0 Å². The average molecular weight is 306 g/mol. The lowest BCUT2D eigenvalue weighted by atomic mass is 9.97. The van der Waals surface area contributed by atoms with Crippen molar-refractivity contribution in [1.82, 2.24) is 9.62 Å². The van der Waals surface area contributed by atoms with Crippen LogP contribution in [0.4, 0.5) is 0 Å². The van der Waals surface area contributed by atoms with E-state index < -0.39 is 28.0 Å². The van der Waals surface area contributed by atoms with E-state index in [1.807, 2.05) is 0 Å². The lowest BCUT2D eigenvalue weighted by Crippen LogP contribution is -2.50. The predicted octanol–water partition coefficient (Wildman–Crippen LogP) is -0.117. The summed E-state index contributed by atoms with van der Waals surface area (Å²) in [5.41, 5.74) is 0. The molecular formula is C12H22N2O5S. The highest BCUT2D eigenvalue weighted by molar-refractivity contribution is 7.88. The number of amides is 1. The first-order chi connectivity index (χ1) is 9.12. The van der Waals surface area contributed by atoms with Crippen LogP contribution in [0.1, 0.15) is 26.7 Å². The molecule has 1 fully saturated rings. The number of piperidine rings is 1. The summed E-state index contributed by atoms with van der Waals surface area (Å²) in [7, 11) is -3.32. The number of carbonyl (C=O) groups excluding carboxylic acids is 1. The van der Waals surface area contributed by atoms with Gasteiger partial charge in [-0.05, 0) is 18.8 Å². The molecule has 0 aromatic heterocycles. The molecule has 0 bridgehead atoms. The molecule has 0 aromatic rings. The molecule has 0 aliphatic carbocycles. The fourth-order valence-corrected chi connectivity index (χ4v) is 3.15. The highest BCUT2D eigenvalue weighted by atomic mass is 32.2. The summed E-state index contributed by atoms with van der Waals surface area (Å²) in [6.07, 6.45) is 2.29. The molecule has 1 rings (SSSR count). The summed E-state index contributed by atoms with van der Waals surface area (Å²) in [5, 5.41) is 11.5. The number of aliphatic carboxylic acids is 1. The second kappa shape index (κ2) is 6.53. The van der Waals surface area contributed by atoms with Crippen LogP contribution in [0, 0.1) is 11.8 Å². The van der Waals surface area contributed by atoms with Crippen molar-refractivity contribution in [3.63, 3.8) is 0 Å². The lowest BCUT2D eigenvalue weighted by Gasteiger charge is -2.31. The lowest BCUT2D eigenvalue weighted by molar-refractivity contribution is -0.144. The third kappa shape index (κ3) is 4.45. The van der Waals surface area contributed by atoms with Gasteiger partial charge in [0.1, 0.15) is 6.04 Å². The van der Waals surface area contributed by atoms with Gasteiger partial charge in [-0.1, -0.05) is 13.8 Å². The van der Waals surface area contributed by atoms with E-state index in [2.05, 4.69) is 5.32 Å². The number of rotatable bonds is 5. The number of sulfonamides is 1. The minimum absolute atomic E-state index is 0.120. The molecule has 1 heterocycles. The van der Waals surface area contributed by atoms with Crippen LogP contribution in [0.5, 0.6) is 0 Å². The summed E-state index contributed by atoms with van der Waals surface area (Å²) in [6.45, 7) is 3.95. The molecule has 0 spiro atoms. The molecule has 20 heavy (non-hydrogen) atoms. The molecule has 2 atom stereocenters. The number of hydrogen-bond donors (Lipinski definition) is 2. The van der Waals surface area contributed by atoms with Crippen LogP contribution in [0.3, 0.4) is 0 Å². The molecule has 1 saturated heterocycles. The van der Waals surface area contributed by atoms with Crippen molar-refractivity contribution >= 4 is 21.9 Å². The summed E-state index contributed by atoms with van der Waals surface area (Å²) >= 11 is 0. The third-order valence-electron chi connectivity index (χ3n) is 3.45. The molecule has 2 N–H and O–H groups in total. The molecule has 1 amide bonds. The van der Waals surface area contributed by atoms with E-state index in [1.54, 1.807) is 13.8 Å². The molecule has 1 aliphatic heterocycles. The zero-order valence-electron chi connectivity index (χ0n) is 12.0. The van der Waals surface area contributed by atoms with Crippen LogP contribution in [-0.4, -0.2) is 55.1 Å². The zero-order valence-corrected chi connectivity index (χ0v) is 12.8. The minimum Gasteiger partial charge on any atom is -0.480 e. The number of nitrogens with zero attached hydrogens (tertiary/aromatic N) is 1. The molecular weight excluding hydrogens is 284 g/mol. The van der Waals surface area contributed by atoms with Crippen LogP contribution in [0.15, 0.2) is 0 Å². The topological polar surface area (TPSA) is 104 Å². The Bertz CT molecular complexity index is 474. The van der Waals surface area contributed by atoms with Gasteiger partial charge in [-0.3, -0.25) is 4.79 Å². The van der Waals surface area contributed by atoms with Gasteiger partial charge in [0, 0.05) is 13.1 Å². The standard InChI is InChI=1S/C12H22N2O5S/c1-8(2)10(12(16)17)13-11(15)9-5-4-6-14(7-9)20(3,18)19/h8-10H,4-7H2,1-3H3,(H,13,15)(H,16,17)/t9?,10-/m1/s1. The first kappa shape index (κ1) is 16.9. The maximum atomic E-state index is 12.1. The van der Waals surface area contributed by atoms with Crippen LogP contribution < -0.4 is 5.32 Å². The van der Waals surface area contributed by atoms with Gasteiger partial charge < -0.3 is 10.4 Å². The van der Waals surface area contributed by atoms with Gasteiger partial charge in [0.15, 0.2) is 0 Å². The SMILES string of the molecule is CC(C)[C@@H](NC(=O)C1CCCN(S(C)(=O)=O)C1)C(=O)O. The Morgan fingerprint density at radius 3 is 2.40 bits per heavy atom. The number of carbonyl (C=O) groups is 2. The fraction of sp³-hybridized carbons (Fsp3) is 0.833. The van der Waals surface area contributed by atoms with Crippen molar-refractivity contribution < 1.29 is 23.1 Å². The Balaban J connectivity index is 2.70. The maximum Gasteiger partial charge on any atom is 0.326 e. The van der Waals surface area contributed by atoms with Crippen LogP contribution in [0.25, 0.3) is 0 Å². The summed E-state index contributed by atoms with van der Waals surface area (Å²) < 4.78 is 24.3. The molecule has 0 aromatic carbocycles. The Labute approximate surface area is 119 Å². The number of hydrogen-bond acceptors (Lipinski definition) is 4. The van der Waals surface area contributed by atoms with Gasteiger partial charge in [0.2, 0.25) is 15.9 Å². The van der Waals surface area contributed by atoms with Gasteiger partial charge in [0.25, 0.3) is 0 Å². The summed E-state index contributed by atoms with van der Waals surface area (Å²) in [5.74, 6) is -2.19. The van der Waals surface area contributed by atoms with Crippen molar-refractivity contribution in [3.05, 3.63) is 0 Å². The smallest absolute Gasteiger partial charge is 0.326 e. The van der Waals surface area contributed by atoms with E-state index in [-0.39, 0.29) is 18.4 Å². The van der Waals surface area contributed by atoms with E-state index in [0.717, 1.165) is 6.26 Å². The Hall–Kier alpha value is -1.15. The van der Waals surface area contributed by atoms with E-state index in [4.69, 9.17) is 5.11 Å². The predicted molar refractivity (Wildman–Crippen MR) is 73.5 cm³/mol. The van der Waals surface area contributed by atoms with E-state index in [0.29, 0.717) is 19.4 Å². The van der Waals surface area contributed by atoms with Crippen LogP contribution >= 0.6 is 0 Å². The van der Waals surface area contributed by atoms with E-state index >= 15 is 0 Å². The highest BCUT2D eigenvalue weighted by Crippen LogP contribution is 2.19. The summed E-state index contributed by atoms with van der Waals surface area (Å²) in [6, 6.07) is -0.948. The second-order valence-corrected chi connectivity index (χ2v) is 7.51. The Morgan fingerprint density at radius 2 is 1.95 bits per heavy atom. The summed E-state index contributed by atoms with van der Waals surface area (Å²) in [4.78, 5) is 23.2. The Morgan fingerprint density at radius 1 is 1.35 bits per heavy atom. The molecule has 8 heteroatoms.